The van der Waals surface area contributed by atoms with E-state index in [1.165, 1.54) is 0 Å². The summed E-state index contributed by atoms with van der Waals surface area (Å²) in [6, 6.07) is 14.2. The fourth-order valence-corrected chi connectivity index (χ4v) is 3.90. The number of nitrogens with zero attached hydrogens (tertiary/aromatic N) is 5. The van der Waals surface area contributed by atoms with Crippen molar-refractivity contribution in [1.82, 2.24) is 24.6 Å². The van der Waals surface area contributed by atoms with Gasteiger partial charge in [0.05, 0.1) is 13.2 Å². The Kier molecular flexibility index (Phi) is 5.59. The highest BCUT2D eigenvalue weighted by Gasteiger charge is 2.17. The highest BCUT2D eigenvalue weighted by atomic mass is 32.2. The number of rotatable bonds is 6. The molecule has 4 rings (SSSR count). The highest BCUT2D eigenvalue weighted by molar-refractivity contribution is 7.99. The maximum Gasteiger partial charge on any atom is 0.196 e. The number of hydrogen-bond acceptors (Lipinski definition) is 6. The third-order valence-electron chi connectivity index (χ3n) is 4.31. The number of morpholine rings is 1. The van der Waals surface area contributed by atoms with Crippen molar-refractivity contribution in [2.24, 2.45) is 0 Å². The van der Waals surface area contributed by atoms with Gasteiger partial charge < -0.3 is 4.74 Å². The van der Waals surface area contributed by atoms with Gasteiger partial charge in [-0.25, -0.2) is 0 Å². The predicted octanol–water partition coefficient (Wildman–Crippen LogP) is 2.75. The molecule has 0 spiro atoms. The van der Waals surface area contributed by atoms with E-state index in [1.807, 2.05) is 36.5 Å². The lowest BCUT2D eigenvalue weighted by molar-refractivity contribution is 0.0410. The molecule has 26 heavy (non-hydrogen) atoms. The van der Waals surface area contributed by atoms with Crippen molar-refractivity contribution in [3.8, 4) is 17.1 Å². The minimum atomic E-state index is 0.818. The van der Waals surface area contributed by atoms with Crippen LogP contribution in [0.1, 0.15) is 0 Å². The molecular formula is C19H21N5OS. The average Bonchev–Trinajstić information content (AvgIpc) is 3.14. The minimum absolute atomic E-state index is 0.818. The fraction of sp³-hybridized carbons (Fsp3) is 0.316. The zero-order valence-electron chi connectivity index (χ0n) is 14.5. The quantitative estimate of drug-likeness (QED) is 0.625. The molecule has 0 bridgehead atoms. The maximum absolute atomic E-state index is 5.41. The van der Waals surface area contributed by atoms with Gasteiger partial charge in [0.2, 0.25) is 0 Å². The number of ether oxygens (including phenoxy) is 1. The monoisotopic (exact) mass is 367 g/mol. The van der Waals surface area contributed by atoms with Crippen LogP contribution in [0.3, 0.4) is 0 Å². The summed E-state index contributed by atoms with van der Waals surface area (Å²) in [5, 5.41) is 9.81. The van der Waals surface area contributed by atoms with Crippen LogP contribution in [0.25, 0.3) is 17.1 Å². The second-order valence-corrected chi connectivity index (χ2v) is 7.08. The van der Waals surface area contributed by atoms with Gasteiger partial charge >= 0.3 is 0 Å². The third kappa shape index (κ3) is 3.95. The molecule has 0 radical (unpaired) electrons. The maximum atomic E-state index is 5.41. The van der Waals surface area contributed by atoms with Crippen LogP contribution in [0.2, 0.25) is 0 Å². The van der Waals surface area contributed by atoms with Crippen LogP contribution in [0.5, 0.6) is 0 Å². The lowest BCUT2D eigenvalue weighted by Crippen LogP contribution is -2.37. The Morgan fingerprint density at radius 1 is 1.00 bits per heavy atom. The molecule has 3 heterocycles. The van der Waals surface area contributed by atoms with E-state index >= 15 is 0 Å². The number of para-hydroxylation sites is 1. The molecule has 1 aromatic carbocycles. The largest absolute Gasteiger partial charge is 0.379 e. The summed E-state index contributed by atoms with van der Waals surface area (Å²) >= 11 is 1.74. The minimum Gasteiger partial charge on any atom is -0.379 e. The molecule has 2 aromatic heterocycles. The van der Waals surface area contributed by atoms with E-state index in [0.717, 1.165) is 60.8 Å². The zero-order valence-corrected chi connectivity index (χ0v) is 15.3. The van der Waals surface area contributed by atoms with Gasteiger partial charge in [-0.2, -0.15) is 0 Å². The molecule has 0 aliphatic carbocycles. The van der Waals surface area contributed by atoms with Crippen LogP contribution < -0.4 is 0 Å². The molecule has 134 valence electrons. The molecule has 1 saturated heterocycles. The standard InChI is InChI=1S/C19H21N5OS/c1-2-6-17(7-3-1)24-18(16-5-4-8-20-15-16)21-22-19(24)26-14-11-23-9-12-25-13-10-23/h1-8,15H,9-14H2. The van der Waals surface area contributed by atoms with Crippen LogP contribution >= 0.6 is 11.8 Å². The summed E-state index contributed by atoms with van der Waals surface area (Å²) < 4.78 is 7.52. The lowest BCUT2D eigenvalue weighted by atomic mass is 10.2. The third-order valence-corrected chi connectivity index (χ3v) is 5.22. The van der Waals surface area contributed by atoms with Crippen molar-refractivity contribution in [3.63, 3.8) is 0 Å². The molecule has 0 saturated carbocycles. The topological polar surface area (TPSA) is 56.1 Å². The van der Waals surface area contributed by atoms with E-state index < -0.39 is 0 Å². The summed E-state index contributed by atoms with van der Waals surface area (Å²) in [5.74, 6) is 1.79. The SMILES string of the molecule is c1ccc(-n2c(SCCN3CCOCC3)nnc2-c2cccnc2)cc1. The van der Waals surface area contributed by atoms with E-state index in [2.05, 4.69) is 36.8 Å². The fourth-order valence-electron chi connectivity index (χ4n) is 2.95. The normalized spacial score (nSPS) is 15.2. The van der Waals surface area contributed by atoms with Crippen LogP contribution in [0.15, 0.2) is 60.0 Å². The van der Waals surface area contributed by atoms with Crippen LogP contribution in [-0.2, 0) is 4.74 Å². The van der Waals surface area contributed by atoms with E-state index in [1.54, 1.807) is 18.0 Å². The van der Waals surface area contributed by atoms with E-state index in [4.69, 9.17) is 4.74 Å². The van der Waals surface area contributed by atoms with Gasteiger partial charge in [0, 0.05) is 49.0 Å². The molecule has 7 heteroatoms. The van der Waals surface area contributed by atoms with Crippen LogP contribution in [0, 0.1) is 0 Å². The molecule has 3 aromatic rings. The number of thioether (sulfide) groups is 1. The molecule has 0 unspecified atom stereocenters. The van der Waals surface area contributed by atoms with Gasteiger partial charge in [0.1, 0.15) is 0 Å². The van der Waals surface area contributed by atoms with Crippen LogP contribution in [0.4, 0.5) is 0 Å². The first-order chi connectivity index (χ1) is 12.9. The average molecular weight is 367 g/mol. The second-order valence-electron chi connectivity index (χ2n) is 6.02. The summed E-state index contributed by atoms with van der Waals surface area (Å²) in [6.45, 7) is 4.70. The molecule has 1 aliphatic rings. The second kappa shape index (κ2) is 8.44. The Hall–Kier alpha value is -2.22. The van der Waals surface area contributed by atoms with Crippen molar-refractivity contribution in [1.29, 1.82) is 0 Å². The van der Waals surface area contributed by atoms with Gasteiger partial charge in [-0.1, -0.05) is 30.0 Å². The Morgan fingerprint density at radius 2 is 1.85 bits per heavy atom. The van der Waals surface area contributed by atoms with E-state index in [0.29, 0.717) is 0 Å². The molecular weight excluding hydrogens is 346 g/mol. The first-order valence-electron chi connectivity index (χ1n) is 8.76. The van der Waals surface area contributed by atoms with Gasteiger partial charge in [0.25, 0.3) is 0 Å². The van der Waals surface area contributed by atoms with Crippen molar-refractivity contribution >= 4 is 11.8 Å². The van der Waals surface area contributed by atoms with Crippen LogP contribution in [-0.4, -0.2) is 63.2 Å². The number of hydrogen-bond donors (Lipinski definition) is 0. The molecule has 1 aliphatic heterocycles. The van der Waals surface area contributed by atoms with E-state index in [9.17, 15) is 0 Å². The summed E-state index contributed by atoms with van der Waals surface area (Å²) in [7, 11) is 0. The summed E-state index contributed by atoms with van der Waals surface area (Å²) in [5.41, 5.74) is 2.02. The molecule has 0 N–H and O–H groups in total. The first kappa shape index (κ1) is 17.2. The van der Waals surface area contributed by atoms with Crippen molar-refractivity contribution in [2.75, 3.05) is 38.6 Å². The zero-order chi connectivity index (χ0) is 17.6. The summed E-state index contributed by atoms with van der Waals surface area (Å²) in [4.78, 5) is 6.65. The first-order valence-corrected chi connectivity index (χ1v) is 9.74. The number of pyridine rings is 1. The smallest absolute Gasteiger partial charge is 0.196 e. The van der Waals surface area contributed by atoms with Gasteiger partial charge in [-0.05, 0) is 24.3 Å². The Morgan fingerprint density at radius 3 is 2.62 bits per heavy atom. The molecule has 1 fully saturated rings. The predicted molar refractivity (Wildman–Crippen MR) is 103 cm³/mol. The Bertz CT molecular complexity index is 818. The van der Waals surface area contributed by atoms with Crippen molar-refractivity contribution in [3.05, 3.63) is 54.9 Å². The van der Waals surface area contributed by atoms with Crippen molar-refractivity contribution in [2.45, 2.75) is 5.16 Å². The summed E-state index contributed by atoms with van der Waals surface area (Å²) in [6.07, 6.45) is 3.59. The van der Waals surface area contributed by atoms with Crippen molar-refractivity contribution < 1.29 is 4.74 Å². The lowest BCUT2D eigenvalue weighted by Gasteiger charge is -2.26. The van der Waals surface area contributed by atoms with Gasteiger partial charge in [-0.15, -0.1) is 10.2 Å². The van der Waals surface area contributed by atoms with Gasteiger partial charge in [-0.3, -0.25) is 14.5 Å². The Balaban J connectivity index is 1.57. The molecule has 0 amide bonds. The highest BCUT2D eigenvalue weighted by Crippen LogP contribution is 2.27. The number of aromatic nitrogens is 4. The van der Waals surface area contributed by atoms with E-state index in [-0.39, 0.29) is 0 Å². The number of benzene rings is 1. The van der Waals surface area contributed by atoms with Gasteiger partial charge in [0.15, 0.2) is 11.0 Å². The Labute approximate surface area is 157 Å². The molecule has 6 nitrogen and oxygen atoms in total. The molecule has 0 atom stereocenters.